The molecule has 2 fully saturated rings. The molecule has 1 aromatic heterocycles. The Morgan fingerprint density at radius 2 is 2.15 bits per heavy atom. The van der Waals surface area contributed by atoms with Crippen molar-refractivity contribution in [2.24, 2.45) is 5.92 Å². The number of urea groups is 1. The van der Waals surface area contributed by atoms with Crippen LogP contribution in [0.4, 0.5) is 4.79 Å². The number of nitrogens with zero attached hydrogens (tertiary/aromatic N) is 2. The number of carbonyl (C=O) groups excluding carboxylic acids is 2. The van der Waals surface area contributed by atoms with Gasteiger partial charge in [-0.05, 0) is 43.2 Å². The van der Waals surface area contributed by atoms with Crippen molar-refractivity contribution in [3.05, 3.63) is 35.0 Å². The van der Waals surface area contributed by atoms with E-state index < -0.39 is 5.54 Å². The Balaban J connectivity index is 1.64. The molecule has 3 amide bonds. The zero-order valence-electron chi connectivity index (χ0n) is 15.4. The lowest BCUT2D eigenvalue weighted by molar-refractivity contribution is -0.134. The third-order valence-electron chi connectivity index (χ3n) is 5.88. The number of fused-ring (bicyclic) bond motifs is 1. The van der Waals surface area contributed by atoms with Gasteiger partial charge in [-0.15, -0.1) is 11.8 Å². The number of nitrogens with one attached hydrogen (secondary N) is 1. The maximum atomic E-state index is 13.1. The van der Waals surface area contributed by atoms with Crippen LogP contribution in [0, 0.1) is 5.92 Å². The topological polar surface area (TPSA) is 62.3 Å². The smallest absolute Gasteiger partial charge is 0.323 e. The fraction of sp³-hybridized carbons (Fsp3) is 0.450. The number of thioether (sulfide) groups is 1. The van der Waals surface area contributed by atoms with Gasteiger partial charge in [0.1, 0.15) is 10.7 Å². The molecule has 27 heavy (non-hydrogen) atoms. The van der Waals surface area contributed by atoms with Gasteiger partial charge in [-0.1, -0.05) is 37.4 Å². The van der Waals surface area contributed by atoms with Crippen molar-refractivity contribution in [3.8, 4) is 0 Å². The van der Waals surface area contributed by atoms with E-state index in [-0.39, 0.29) is 24.4 Å². The van der Waals surface area contributed by atoms with Gasteiger partial charge in [0.05, 0.1) is 12.1 Å². The van der Waals surface area contributed by atoms with Crippen molar-refractivity contribution in [1.82, 2.24) is 15.2 Å². The average Bonchev–Trinajstić information content (AvgIpc) is 2.89. The Hall–Kier alpha value is -1.79. The van der Waals surface area contributed by atoms with Crippen molar-refractivity contribution in [2.45, 2.75) is 49.6 Å². The number of amides is 3. The maximum absolute atomic E-state index is 13.1. The van der Waals surface area contributed by atoms with Crippen LogP contribution in [0.3, 0.4) is 0 Å². The summed E-state index contributed by atoms with van der Waals surface area (Å²) in [4.78, 5) is 32.6. The molecule has 0 unspecified atom stereocenters. The number of halogens is 1. The van der Waals surface area contributed by atoms with E-state index in [0.29, 0.717) is 17.1 Å². The van der Waals surface area contributed by atoms with E-state index >= 15 is 0 Å². The van der Waals surface area contributed by atoms with Gasteiger partial charge >= 0.3 is 6.03 Å². The average molecular weight is 404 g/mol. The predicted octanol–water partition coefficient (Wildman–Crippen LogP) is 4.61. The summed E-state index contributed by atoms with van der Waals surface area (Å²) in [6, 6.07) is 7.60. The van der Waals surface area contributed by atoms with Crippen molar-refractivity contribution in [2.75, 3.05) is 6.26 Å². The molecule has 2 aliphatic rings. The Bertz CT molecular complexity index is 935. The molecule has 1 aromatic carbocycles. The lowest BCUT2D eigenvalue weighted by Crippen LogP contribution is -2.53. The van der Waals surface area contributed by atoms with E-state index in [1.807, 2.05) is 30.5 Å². The Morgan fingerprint density at radius 3 is 2.89 bits per heavy atom. The summed E-state index contributed by atoms with van der Waals surface area (Å²) in [6.07, 6.45) is 5.73. The number of carbonyl (C=O) groups is 2. The minimum absolute atomic E-state index is 0.131. The number of pyridine rings is 1. The molecule has 1 saturated carbocycles. The first kappa shape index (κ1) is 18.6. The summed E-state index contributed by atoms with van der Waals surface area (Å²) < 4.78 is 0. The first-order valence-corrected chi connectivity index (χ1v) is 10.8. The number of aromatic nitrogens is 1. The Labute approximate surface area is 167 Å². The van der Waals surface area contributed by atoms with Crippen LogP contribution in [-0.2, 0) is 11.3 Å². The molecule has 2 aromatic rings. The molecular weight excluding hydrogens is 382 g/mol. The van der Waals surface area contributed by atoms with Gasteiger partial charge in [0.15, 0.2) is 0 Å². The minimum atomic E-state index is -0.751. The van der Waals surface area contributed by atoms with E-state index in [1.54, 1.807) is 11.8 Å². The normalized spacial score (nSPS) is 25.4. The van der Waals surface area contributed by atoms with Crippen molar-refractivity contribution in [1.29, 1.82) is 0 Å². The van der Waals surface area contributed by atoms with Crippen LogP contribution >= 0.6 is 23.4 Å². The molecule has 4 rings (SSSR count). The third kappa shape index (κ3) is 3.09. The molecule has 0 bridgehead atoms. The SMILES string of the molecule is CSc1ccc2cc(CN3C(=O)N[C@@]4(CCCC[C@H]4C)C3=O)c(Cl)nc2c1. The monoisotopic (exact) mass is 403 g/mol. The van der Waals surface area contributed by atoms with Crippen LogP contribution in [-0.4, -0.2) is 33.6 Å². The van der Waals surface area contributed by atoms with Crippen LogP contribution in [0.15, 0.2) is 29.2 Å². The van der Waals surface area contributed by atoms with Crippen LogP contribution in [0.2, 0.25) is 5.15 Å². The summed E-state index contributed by atoms with van der Waals surface area (Å²) in [7, 11) is 0. The molecular formula is C20H22ClN3O2S. The highest BCUT2D eigenvalue weighted by Gasteiger charge is 2.54. The van der Waals surface area contributed by atoms with Gasteiger partial charge in [0.25, 0.3) is 5.91 Å². The van der Waals surface area contributed by atoms with E-state index in [0.717, 1.165) is 35.1 Å². The van der Waals surface area contributed by atoms with Crippen molar-refractivity contribution >= 4 is 46.2 Å². The Kier molecular flexibility index (Phi) is 4.80. The molecule has 1 saturated heterocycles. The van der Waals surface area contributed by atoms with Gasteiger partial charge < -0.3 is 5.32 Å². The highest BCUT2D eigenvalue weighted by Crippen LogP contribution is 2.39. The molecule has 0 radical (unpaired) electrons. The second-order valence-corrected chi connectivity index (χ2v) is 8.67. The number of rotatable bonds is 3. The van der Waals surface area contributed by atoms with Gasteiger partial charge in [0, 0.05) is 15.8 Å². The summed E-state index contributed by atoms with van der Waals surface area (Å²) >= 11 is 8.04. The number of hydrogen-bond acceptors (Lipinski definition) is 4. The van der Waals surface area contributed by atoms with Crippen molar-refractivity contribution in [3.63, 3.8) is 0 Å². The number of hydrogen-bond donors (Lipinski definition) is 1. The second kappa shape index (κ2) is 6.99. The van der Waals surface area contributed by atoms with Gasteiger partial charge in [0.2, 0.25) is 0 Å². The predicted molar refractivity (Wildman–Crippen MR) is 108 cm³/mol. The molecule has 2 atom stereocenters. The molecule has 5 nitrogen and oxygen atoms in total. The van der Waals surface area contributed by atoms with E-state index in [2.05, 4.69) is 17.2 Å². The first-order valence-electron chi connectivity index (χ1n) is 9.22. The first-order chi connectivity index (χ1) is 12.9. The standard InChI is InChI=1S/C20H22ClN3O2S/c1-12-5-3-4-8-20(12)18(25)24(19(26)23-20)11-14-9-13-6-7-15(27-2)10-16(13)22-17(14)21/h6-7,9-10,12H,3-5,8,11H2,1-2H3,(H,23,26)/t12-,20-/m1/s1. The second-order valence-electron chi connectivity index (χ2n) is 7.44. The largest absolute Gasteiger partial charge is 0.325 e. The molecule has 7 heteroatoms. The van der Waals surface area contributed by atoms with Crippen LogP contribution < -0.4 is 5.32 Å². The maximum Gasteiger partial charge on any atom is 0.325 e. The summed E-state index contributed by atoms with van der Waals surface area (Å²) in [5.41, 5.74) is 0.745. The highest BCUT2D eigenvalue weighted by atomic mass is 35.5. The van der Waals surface area contributed by atoms with Crippen LogP contribution in [0.5, 0.6) is 0 Å². The van der Waals surface area contributed by atoms with Gasteiger partial charge in [-0.25, -0.2) is 9.78 Å². The Morgan fingerprint density at radius 1 is 1.33 bits per heavy atom. The van der Waals surface area contributed by atoms with Crippen LogP contribution in [0.1, 0.15) is 38.2 Å². The quantitative estimate of drug-likeness (QED) is 0.461. The molecule has 1 aliphatic carbocycles. The number of imide groups is 1. The lowest BCUT2D eigenvalue weighted by Gasteiger charge is -2.36. The summed E-state index contributed by atoms with van der Waals surface area (Å²) in [5, 5.41) is 4.26. The summed E-state index contributed by atoms with van der Waals surface area (Å²) in [5.74, 6) is 0.0106. The van der Waals surface area contributed by atoms with Gasteiger partial charge in [-0.2, -0.15) is 0 Å². The highest BCUT2D eigenvalue weighted by molar-refractivity contribution is 7.98. The van der Waals surface area contributed by atoms with Crippen molar-refractivity contribution < 1.29 is 9.59 Å². The third-order valence-corrected chi connectivity index (χ3v) is 6.93. The molecule has 1 aliphatic heterocycles. The lowest BCUT2D eigenvalue weighted by atomic mass is 9.73. The minimum Gasteiger partial charge on any atom is -0.323 e. The zero-order valence-corrected chi connectivity index (χ0v) is 17.0. The van der Waals surface area contributed by atoms with Crippen LogP contribution in [0.25, 0.3) is 10.9 Å². The fourth-order valence-electron chi connectivity index (χ4n) is 4.21. The van der Waals surface area contributed by atoms with E-state index in [9.17, 15) is 9.59 Å². The summed E-state index contributed by atoms with van der Waals surface area (Å²) in [6.45, 7) is 2.19. The zero-order chi connectivity index (χ0) is 19.2. The molecule has 2 heterocycles. The van der Waals surface area contributed by atoms with E-state index in [4.69, 9.17) is 11.6 Å². The molecule has 1 spiro atoms. The number of benzene rings is 1. The van der Waals surface area contributed by atoms with Gasteiger partial charge in [-0.3, -0.25) is 9.69 Å². The molecule has 1 N–H and O–H groups in total. The van der Waals surface area contributed by atoms with E-state index in [1.165, 1.54) is 4.90 Å². The fourth-order valence-corrected chi connectivity index (χ4v) is 4.85. The molecule has 142 valence electrons.